The highest BCUT2D eigenvalue weighted by Crippen LogP contribution is 2.33. The Morgan fingerprint density at radius 3 is 2.89 bits per heavy atom. The lowest BCUT2D eigenvalue weighted by molar-refractivity contribution is -0.384. The number of nitrogens with zero attached hydrogens (tertiary/aromatic N) is 1. The van der Waals surface area contributed by atoms with Gasteiger partial charge < -0.3 is 5.32 Å². The van der Waals surface area contributed by atoms with Gasteiger partial charge in [0, 0.05) is 22.6 Å². The maximum Gasteiger partial charge on any atom is 0.271 e. The van der Waals surface area contributed by atoms with E-state index < -0.39 is 0 Å². The van der Waals surface area contributed by atoms with Crippen molar-refractivity contribution in [3.05, 3.63) is 32.8 Å². The number of halogens is 1. The Morgan fingerprint density at radius 1 is 1.50 bits per heavy atom. The molecular weight excluding hydrogens is 296 g/mol. The minimum absolute atomic E-state index is 0.130. The molecule has 1 aromatic carbocycles. The van der Waals surface area contributed by atoms with Gasteiger partial charge in [-0.3, -0.25) is 10.1 Å². The van der Waals surface area contributed by atoms with Crippen LogP contribution in [0.4, 0.5) is 11.4 Å². The lowest BCUT2D eigenvalue weighted by atomic mass is 10.1. The van der Waals surface area contributed by atoms with Crippen molar-refractivity contribution in [2.24, 2.45) is 5.92 Å². The van der Waals surface area contributed by atoms with Crippen LogP contribution >= 0.6 is 15.9 Å². The lowest BCUT2D eigenvalue weighted by Gasteiger charge is -2.15. The van der Waals surface area contributed by atoms with Gasteiger partial charge in [-0.25, -0.2) is 0 Å². The topological polar surface area (TPSA) is 55.2 Å². The molecule has 5 heteroatoms. The van der Waals surface area contributed by atoms with Crippen molar-refractivity contribution in [2.75, 3.05) is 5.32 Å². The van der Waals surface area contributed by atoms with Crippen LogP contribution in [0.25, 0.3) is 0 Å². The minimum Gasteiger partial charge on any atom is -0.381 e. The second-order valence-corrected chi connectivity index (χ2v) is 5.70. The molecule has 0 aromatic heterocycles. The normalized spacial score (nSPS) is 23.0. The van der Waals surface area contributed by atoms with Gasteiger partial charge in [-0.1, -0.05) is 13.3 Å². The van der Waals surface area contributed by atoms with E-state index in [0.717, 1.165) is 28.9 Å². The number of rotatable bonds is 4. The van der Waals surface area contributed by atoms with Crippen LogP contribution in [0.1, 0.15) is 32.6 Å². The molecule has 0 spiro atoms. The number of nitro benzene ring substituents is 1. The Balaban J connectivity index is 2.09. The fraction of sp³-hybridized carbons (Fsp3) is 0.538. The van der Waals surface area contributed by atoms with Crippen LogP contribution < -0.4 is 5.32 Å². The minimum atomic E-state index is -0.360. The maximum atomic E-state index is 10.8. The van der Waals surface area contributed by atoms with Gasteiger partial charge in [-0.2, -0.15) is 0 Å². The van der Waals surface area contributed by atoms with Crippen LogP contribution in [0.3, 0.4) is 0 Å². The summed E-state index contributed by atoms with van der Waals surface area (Å²) in [6, 6.07) is 5.28. The molecule has 4 nitrogen and oxygen atoms in total. The second kappa shape index (κ2) is 5.69. The third-order valence-electron chi connectivity index (χ3n) is 3.64. The molecule has 1 saturated carbocycles. The molecule has 1 N–H and O–H groups in total. The summed E-state index contributed by atoms with van der Waals surface area (Å²) >= 11 is 3.43. The van der Waals surface area contributed by atoms with Gasteiger partial charge in [0.1, 0.15) is 0 Å². The first-order valence-electron chi connectivity index (χ1n) is 6.30. The van der Waals surface area contributed by atoms with E-state index >= 15 is 0 Å². The molecule has 1 aliphatic rings. The molecule has 18 heavy (non-hydrogen) atoms. The Kier molecular flexibility index (Phi) is 4.22. The summed E-state index contributed by atoms with van der Waals surface area (Å²) in [5, 5.41) is 14.2. The number of hydrogen-bond donors (Lipinski definition) is 1. The van der Waals surface area contributed by atoms with Crippen molar-refractivity contribution in [2.45, 2.75) is 38.6 Å². The average Bonchev–Trinajstić information content (AvgIpc) is 2.79. The monoisotopic (exact) mass is 312 g/mol. The van der Waals surface area contributed by atoms with Gasteiger partial charge in [0.2, 0.25) is 0 Å². The SMILES string of the molecule is CCC1CCC(Nc2cc([N+](=O)[O-])ccc2Br)C1. The maximum absolute atomic E-state index is 10.8. The smallest absolute Gasteiger partial charge is 0.271 e. The second-order valence-electron chi connectivity index (χ2n) is 4.85. The molecular formula is C13H17BrN2O2. The molecule has 2 rings (SSSR count). The van der Waals surface area contributed by atoms with Crippen molar-refractivity contribution < 1.29 is 4.92 Å². The van der Waals surface area contributed by atoms with Crippen molar-refractivity contribution in [3.63, 3.8) is 0 Å². The van der Waals surface area contributed by atoms with E-state index in [0.29, 0.717) is 6.04 Å². The van der Waals surface area contributed by atoms with Gasteiger partial charge in [-0.15, -0.1) is 0 Å². The first-order chi connectivity index (χ1) is 8.60. The standard InChI is InChI=1S/C13H17BrN2O2/c1-2-9-3-4-10(7-9)15-13-8-11(16(17)18)5-6-12(13)14/h5-6,8-10,15H,2-4,7H2,1H3. The largest absolute Gasteiger partial charge is 0.381 e. The highest BCUT2D eigenvalue weighted by atomic mass is 79.9. The highest BCUT2D eigenvalue weighted by Gasteiger charge is 2.24. The van der Waals surface area contributed by atoms with Gasteiger partial charge in [0.15, 0.2) is 0 Å². The van der Waals surface area contributed by atoms with Gasteiger partial charge in [0.25, 0.3) is 5.69 Å². The van der Waals surface area contributed by atoms with E-state index in [1.165, 1.54) is 18.9 Å². The number of benzene rings is 1. The summed E-state index contributed by atoms with van der Waals surface area (Å²) in [7, 11) is 0. The van der Waals surface area contributed by atoms with E-state index in [-0.39, 0.29) is 10.6 Å². The molecule has 1 fully saturated rings. The van der Waals surface area contributed by atoms with Crippen LogP contribution in [0.5, 0.6) is 0 Å². The summed E-state index contributed by atoms with van der Waals surface area (Å²) in [6.45, 7) is 2.22. The van der Waals surface area contributed by atoms with E-state index in [9.17, 15) is 10.1 Å². The molecule has 0 aliphatic heterocycles. The summed E-state index contributed by atoms with van der Waals surface area (Å²) in [6.07, 6.45) is 4.77. The summed E-state index contributed by atoms with van der Waals surface area (Å²) < 4.78 is 0.882. The van der Waals surface area contributed by atoms with E-state index in [1.807, 2.05) is 0 Å². The molecule has 2 atom stereocenters. The van der Waals surface area contributed by atoms with Crippen LogP contribution in [0.15, 0.2) is 22.7 Å². The molecule has 1 aromatic rings. The predicted octanol–water partition coefficient (Wildman–Crippen LogP) is 4.35. The van der Waals surface area contributed by atoms with Crippen molar-refractivity contribution in [1.82, 2.24) is 0 Å². The predicted molar refractivity (Wildman–Crippen MR) is 75.8 cm³/mol. The molecule has 0 radical (unpaired) electrons. The van der Waals surface area contributed by atoms with Crippen LogP contribution in [-0.4, -0.2) is 11.0 Å². The Labute approximate surface area is 115 Å². The van der Waals surface area contributed by atoms with Crippen LogP contribution in [0, 0.1) is 16.0 Å². The fourth-order valence-corrected chi connectivity index (χ4v) is 2.90. The van der Waals surface area contributed by atoms with E-state index in [2.05, 4.69) is 28.2 Å². The number of nitrogens with one attached hydrogen (secondary N) is 1. The zero-order valence-electron chi connectivity index (χ0n) is 10.4. The van der Waals surface area contributed by atoms with Gasteiger partial charge in [0.05, 0.1) is 10.6 Å². The summed E-state index contributed by atoms with van der Waals surface area (Å²) in [5.74, 6) is 0.792. The summed E-state index contributed by atoms with van der Waals surface area (Å²) in [5.41, 5.74) is 0.955. The van der Waals surface area contributed by atoms with Crippen molar-refractivity contribution in [1.29, 1.82) is 0 Å². The zero-order chi connectivity index (χ0) is 13.1. The lowest BCUT2D eigenvalue weighted by Crippen LogP contribution is -2.15. The first-order valence-corrected chi connectivity index (χ1v) is 7.10. The quantitative estimate of drug-likeness (QED) is 0.664. The Bertz CT molecular complexity index is 451. The molecule has 1 aliphatic carbocycles. The van der Waals surface area contributed by atoms with Crippen LogP contribution in [0.2, 0.25) is 0 Å². The highest BCUT2D eigenvalue weighted by molar-refractivity contribution is 9.10. The molecule has 0 amide bonds. The first kappa shape index (κ1) is 13.3. The van der Waals surface area contributed by atoms with Gasteiger partial charge >= 0.3 is 0 Å². The molecule has 0 heterocycles. The summed E-state index contributed by atoms with van der Waals surface area (Å²) in [4.78, 5) is 10.4. The molecule has 2 unspecified atom stereocenters. The fourth-order valence-electron chi connectivity index (χ4n) is 2.53. The van der Waals surface area contributed by atoms with Crippen LogP contribution in [-0.2, 0) is 0 Å². The third kappa shape index (κ3) is 3.02. The Hall–Kier alpha value is -1.10. The van der Waals surface area contributed by atoms with Gasteiger partial charge in [-0.05, 0) is 47.2 Å². The average molecular weight is 313 g/mol. The van der Waals surface area contributed by atoms with E-state index in [4.69, 9.17) is 0 Å². The number of anilines is 1. The molecule has 98 valence electrons. The van der Waals surface area contributed by atoms with Crippen molar-refractivity contribution >= 4 is 27.3 Å². The molecule has 0 bridgehead atoms. The number of nitro groups is 1. The van der Waals surface area contributed by atoms with Crippen molar-refractivity contribution in [3.8, 4) is 0 Å². The number of non-ortho nitro benzene ring substituents is 1. The third-order valence-corrected chi connectivity index (χ3v) is 4.33. The Morgan fingerprint density at radius 2 is 2.28 bits per heavy atom. The zero-order valence-corrected chi connectivity index (χ0v) is 11.9. The van der Waals surface area contributed by atoms with E-state index in [1.54, 1.807) is 12.1 Å². The molecule has 0 saturated heterocycles. The number of hydrogen-bond acceptors (Lipinski definition) is 3.